The van der Waals surface area contributed by atoms with E-state index in [1.165, 1.54) is 0 Å². The minimum absolute atomic E-state index is 0.181. The predicted octanol–water partition coefficient (Wildman–Crippen LogP) is 4.48. The maximum absolute atomic E-state index is 9.69. The summed E-state index contributed by atoms with van der Waals surface area (Å²) in [5.41, 5.74) is 1.19. The Bertz CT molecular complexity index is 662. The fourth-order valence-electron chi connectivity index (χ4n) is 1.81. The summed E-state index contributed by atoms with van der Waals surface area (Å²) in [6, 6.07) is 12.8. The largest absolute Gasteiger partial charge is 0.508 e. The molecule has 2 rings (SSSR count). The number of hydrogen-bond donors (Lipinski definition) is 1. The van der Waals surface area contributed by atoms with Crippen LogP contribution in [0.2, 0.25) is 0 Å². The molecule has 0 saturated carbocycles. The smallest absolute Gasteiger partial charge is 0.146 e. The highest BCUT2D eigenvalue weighted by Gasteiger charge is 2.12. The minimum Gasteiger partial charge on any atom is -0.508 e. The van der Waals surface area contributed by atoms with Gasteiger partial charge in [-0.2, -0.15) is 5.26 Å². The van der Waals surface area contributed by atoms with Gasteiger partial charge in [-0.25, -0.2) is 0 Å². The van der Waals surface area contributed by atoms with Crippen LogP contribution in [0, 0.1) is 18.3 Å². The second-order valence-corrected chi connectivity index (χ2v) is 5.48. The van der Waals surface area contributed by atoms with E-state index in [1.54, 1.807) is 43.0 Å². The van der Waals surface area contributed by atoms with Gasteiger partial charge in [0.05, 0.1) is 0 Å². The number of aromatic hydroxyl groups is 1. The highest BCUT2D eigenvalue weighted by molar-refractivity contribution is 7.99. The van der Waals surface area contributed by atoms with Crippen molar-refractivity contribution in [3.8, 4) is 23.3 Å². The first-order valence-corrected chi connectivity index (χ1v) is 7.28. The van der Waals surface area contributed by atoms with Gasteiger partial charge in [-0.15, -0.1) is 11.8 Å². The van der Waals surface area contributed by atoms with E-state index in [1.807, 2.05) is 19.1 Å². The van der Waals surface area contributed by atoms with Crippen LogP contribution in [0.25, 0.3) is 0 Å². The maximum atomic E-state index is 9.69. The Kier molecular flexibility index (Phi) is 4.54. The quantitative estimate of drug-likeness (QED) is 0.842. The van der Waals surface area contributed by atoms with Crippen LogP contribution in [-0.2, 0) is 0 Å². The molecule has 102 valence electrons. The van der Waals surface area contributed by atoms with E-state index in [9.17, 15) is 10.4 Å². The Morgan fingerprint density at radius 2 is 1.90 bits per heavy atom. The van der Waals surface area contributed by atoms with Crippen molar-refractivity contribution in [2.75, 3.05) is 5.75 Å². The van der Waals surface area contributed by atoms with E-state index in [-0.39, 0.29) is 5.75 Å². The molecule has 3 nitrogen and oxygen atoms in total. The lowest BCUT2D eigenvalue weighted by atomic mass is 10.2. The topological polar surface area (TPSA) is 53.2 Å². The standard InChI is InChI=1S/C16H15NO2S/c1-3-20-16-9-5-8-15(12(16)10-17)19-14-7-4-6-13(18)11(14)2/h4-9,18H,3H2,1-2H3. The van der Waals surface area contributed by atoms with Gasteiger partial charge in [0, 0.05) is 10.5 Å². The summed E-state index contributed by atoms with van der Waals surface area (Å²) in [6.07, 6.45) is 0. The number of ether oxygens (including phenoxy) is 1. The number of phenols is 1. The van der Waals surface area contributed by atoms with Crippen LogP contribution >= 0.6 is 11.8 Å². The lowest BCUT2D eigenvalue weighted by molar-refractivity contribution is 0.447. The third-order valence-electron chi connectivity index (χ3n) is 2.88. The van der Waals surface area contributed by atoms with Crippen molar-refractivity contribution < 1.29 is 9.84 Å². The van der Waals surface area contributed by atoms with Crippen molar-refractivity contribution in [2.45, 2.75) is 18.7 Å². The van der Waals surface area contributed by atoms with Crippen LogP contribution in [0.15, 0.2) is 41.3 Å². The summed E-state index contributed by atoms with van der Waals surface area (Å²) < 4.78 is 5.80. The molecule has 0 aliphatic rings. The molecule has 0 bridgehead atoms. The molecule has 0 amide bonds. The Morgan fingerprint density at radius 1 is 1.20 bits per heavy atom. The van der Waals surface area contributed by atoms with Crippen LogP contribution in [-0.4, -0.2) is 10.9 Å². The molecule has 2 aromatic rings. The number of phenolic OH excluding ortho intramolecular Hbond substituents is 1. The van der Waals surface area contributed by atoms with Crippen LogP contribution in [0.4, 0.5) is 0 Å². The van der Waals surface area contributed by atoms with Gasteiger partial charge in [0.25, 0.3) is 0 Å². The predicted molar refractivity (Wildman–Crippen MR) is 80.5 cm³/mol. The molecular weight excluding hydrogens is 270 g/mol. The molecule has 1 N–H and O–H groups in total. The van der Waals surface area contributed by atoms with Gasteiger partial charge in [-0.3, -0.25) is 0 Å². The lowest BCUT2D eigenvalue weighted by Crippen LogP contribution is -1.92. The fourth-order valence-corrected chi connectivity index (χ4v) is 2.59. The normalized spacial score (nSPS) is 10.1. The molecule has 2 aromatic carbocycles. The minimum atomic E-state index is 0.181. The molecule has 4 heteroatoms. The Labute approximate surface area is 122 Å². The average molecular weight is 285 g/mol. The number of nitriles is 1. The third-order valence-corrected chi connectivity index (χ3v) is 3.81. The van der Waals surface area contributed by atoms with Gasteiger partial charge in [0.15, 0.2) is 0 Å². The Balaban J connectivity index is 2.41. The van der Waals surface area contributed by atoms with E-state index in [2.05, 4.69) is 6.07 Å². The van der Waals surface area contributed by atoms with Crippen molar-refractivity contribution in [1.29, 1.82) is 5.26 Å². The van der Waals surface area contributed by atoms with Gasteiger partial charge in [0.2, 0.25) is 0 Å². The number of thioether (sulfide) groups is 1. The van der Waals surface area contributed by atoms with E-state index in [0.717, 1.165) is 10.6 Å². The van der Waals surface area contributed by atoms with Gasteiger partial charge in [0.1, 0.15) is 28.9 Å². The van der Waals surface area contributed by atoms with Gasteiger partial charge in [-0.1, -0.05) is 19.1 Å². The number of benzene rings is 2. The Morgan fingerprint density at radius 3 is 2.60 bits per heavy atom. The van der Waals surface area contributed by atoms with Crippen LogP contribution in [0.5, 0.6) is 17.2 Å². The van der Waals surface area contributed by atoms with E-state index in [0.29, 0.717) is 22.6 Å². The van der Waals surface area contributed by atoms with Gasteiger partial charge >= 0.3 is 0 Å². The van der Waals surface area contributed by atoms with Crippen LogP contribution in [0.1, 0.15) is 18.1 Å². The summed E-state index contributed by atoms with van der Waals surface area (Å²) >= 11 is 1.61. The first-order chi connectivity index (χ1) is 9.67. The SMILES string of the molecule is CCSc1cccc(Oc2cccc(O)c2C)c1C#N. The van der Waals surface area contributed by atoms with Crippen molar-refractivity contribution in [3.05, 3.63) is 47.5 Å². The molecule has 0 atom stereocenters. The molecule has 0 radical (unpaired) electrons. The monoisotopic (exact) mass is 285 g/mol. The molecule has 0 fully saturated rings. The number of nitrogens with zero attached hydrogens (tertiary/aromatic N) is 1. The lowest BCUT2D eigenvalue weighted by Gasteiger charge is -2.12. The summed E-state index contributed by atoms with van der Waals surface area (Å²) in [6.45, 7) is 3.82. The molecular formula is C16H15NO2S. The highest BCUT2D eigenvalue weighted by atomic mass is 32.2. The molecule has 0 aromatic heterocycles. The van der Waals surface area contributed by atoms with Crippen LogP contribution in [0.3, 0.4) is 0 Å². The van der Waals surface area contributed by atoms with E-state index in [4.69, 9.17) is 4.74 Å². The maximum Gasteiger partial charge on any atom is 0.146 e. The molecule has 0 aliphatic carbocycles. The zero-order valence-electron chi connectivity index (χ0n) is 11.4. The Hall–Kier alpha value is -2.12. The van der Waals surface area contributed by atoms with Crippen molar-refractivity contribution in [1.82, 2.24) is 0 Å². The summed E-state index contributed by atoms with van der Waals surface area (Å²) in [5, 5.41) is 19.0. The zero-order valence-corrected chi connectivity index (χ0v) is 12.2. The average Bonchev–Trinajstić information content (AvgIpc) is 2.44. The van der Waals surface area contributed by atoms with Crippen LogP contribution < -0.4 is 4.74 Å². The number of rotatable bonds is 4. The highest BCUT2D eigenvalue weighted by Crippen LogP contribution is 2.35. The fraction of sp³-hybridized carbons (Fsp3) is 0.188. The van der Waals surface area contributed by atoms with E-state index >= 15 is 0 Å². The first-order valence-electron chi connectivity index (χ1n) is 6.29. The van der Waals surface area contributed by atoms with E-state index < -0.39 is 0 Å². The summed E-state index contributed by atoms with van der Waals surface area (Å²) in [5.74, 6) is 2.14. The molecule has 0 saturated heterocycles. The van der Waals surface area contributed by atoms with Crippen molar-refractivity contribution in [3.63, 3.8) is 0 Å². The molecule has 20 heavy (non-hydrogen) atoms. The van der Waals surface area contributed by atoms with Gasteiger partial charge in [-0.05, 0) is 36.9 Å². The van der Waals surface area contributed by atoms with Crippen molar-refractivity contribution in [2.24, 2.45) is 0 Å². The molecule has 0 aliphatic heterocycles. The first kappa shape index (κ1) is 14.3. The number of hydrogen-bond acceptors (Lipinski definition) is 4. The third kappa shape index (κ3) is 2.89. The molecule has 0 unspecified atom stereocenters. The summed E-state index contributed by atoms with van der Waals surface area (Å²) in [7, 11) is 0. The summed E-state index contributed by atoms with van der Waals surface area (Å²) in [4.78, 5) is 0.908. The van der Waals surface area contributed by atoms with Crippen molar-refractivity contribution >= 4 is 11.8 Å². The zero-order chi connectivity index (χ0) is 14.5. The van der Waals surface area contributed by atoms with Gasteiger partial charge < -0.3 is 9.84 Å². The second-order valence-electron chi connectivity index (χ2n) is 4.18. The molecule has 0 spiro atoms. The second kappa shape index (κ2) is 6.36. The molecule has 0 heterocycles.